The Hall–Kier alpha value is -5.28. The summed E-state index contributed by atoms with van der Waals surface area (Å²) in [5.41, 5.74) is 16.5. The van der Waals surface area contributed by atoms with Crippen molar-refractivity contribution in [3.63, 3.8) is 0 Å². The Bertz CT molecular complexity index is 2170. The van der Waals surface area contributed by atoms with Gasteiger partial charge in [-0.15, -0.1) is 0 Å². The number of nitrogens with two attached hydrogens (primary N) is 1. The van der Waals surface area contributed by atoms with E-state index in [4.69, 9.17) is 5.73 Å². The molecule has 0 atom stereocenters. The molecule has 6 aromatic carbocycles. The fourth-order valence-corrected chi connectivity index (χ4v) is 6.08. The molecule has 8 rings (SSSR count). The predicted molar refractivity (Wildman–Crippen MR) is 165 cm³/mol. The van der Waals surface area contributed by atoms with Crippen molar-refractivity contribution < 1.29 is 0 Å². The number of hydrogen-bond donors (Lipinski definition) is 1. The smallest absolute Gasteiger partial charge is 0.0542 e. The second-order valence-corrected chi connectivity index (χ2v) is 10.1. The lowest BCUT2D eigenvalue weighted by atomic mass is 10.0. The molecule has 0 fully saturated rings. The van der Waals surface area contributed by atoms with Gasteiger partial charge in [-0.1, -0.05) is 66.7 Å². The van der Waals surface area contributed by atoms with Crippen LogP contribution in [0, 0.1) is 0 Å². The normalized spacial score (nSPS) is 11.7. The van der Waals surface area contributed by atoms with Crippen molar-refractivity contribution in [3.8, 4) is 22.5 Å². The molecule has 0 aliphatic heterocycles. The molecule has 0 aliphatic carbocycles. The summed E-state index contributed by atoms with van der Waals surface area (Å²) in [6.45, 7) is 0. The number of rotatable bonds is 3. The van der Waals surface area contributed by atoms with Crippen molar-refractivity contribution in [1.82, 2.24) is 9.13 Å². The topological polar surface area (TPSA) is 35.9 Å². The van der Waals surface area contributed by atoms with E-state index in [1.54, 1.807) is 0 Å². The van der Waals surface area contributed by atoms with Crippen molar-refractivity contribution in [3.05, 3.63) is 140 Å². The van der Waals surface area contributed by atoms with E-state index in [1.807, 2.05) is 6.07 Å². The third-order valence-electron chi connectivity index (χ3n) is 7.82. The number of nitrogens with zero attached hydrogens (tertiary/aromatic N) is 2. The Morgan fingerprint density at radius 3 is 1.38 bits per heavy atom. The number of aromatic nitrogens is 2. The minimum Gasteiger partial charge on any atom is -0.399 e. The summed E-state index contributed by atoms with van der Waals surface area (Å²) >= 11 is 0. The zero-order chi connectivity index (χ0) is 25.9. The first-order valence-corrected chi connectivity index (χ1v) is 13.2. The van der Waals surface area contributed by atoms with Gasteiger partial charge in [0.15, 0.2) is 0 Å². The lowest BCUT2D eigenvalue weighted by molar-refractivity contribution is 1.18. The molecular formula is C36H25N3. The molecule has 0 saturated carbocycles. The average Bonchev–Trinajstić information content (AvgIpc) is 3.50. The van der Waals surface area contributed by atoms with Gasteiger partial charge in [-0.05, 0) is 83.9 Å². The van der Waals surface area contributed by atoms with E-state index in [0.29, 0.717) is 0 Å². The van der Waals surface area contributed by atoms with Crippen LogP contribution in [0.5, 0.6) is 0 Å². The monoisotopic (exact) mass is 499 g/mol. The Kier molecular flexibility index (Phi) is 4.67. The molecule has 3 heteroatoms. The fraction of sp³-hybridized carbons (Fsp3) is 0. The maximum atomic E-state index is 6.27. The number of fused-ring (bicyclic) bond motifs is 6. The summed E-state index contributed by atoms with van der Waals surface area (Å²) in [5, 5.41) is 4.87. The highest BCUT2D eigenvalue weighted by atomic mass is 15.0. The van der Waals surface area contributed by atoms with Gasteiger partial charge in [-0.3, -0.25) is 0 Å². The molecule has 3 nitrogen and oxygen atoms in total. The third kappa shape index (κ3) is 3.30. The maximum absolute atomic E-state index is 6.27. The first kappa shape index (κ1) is 21.8. The maximum Gasteiger partial charge on any atom is 0.0542 e. The van der Waals surface area contributed by atoms with Gasteiger partial charge in [0, 0.05) is 38.6 Å². The Morgan fingerprint density at radius 1 is 0.359 bits per heavy atom. The van der Waals surface area contributed by atoms with Crippen LogP contribution in [0.2, 0.25) is 0 Å². The summed E-state index contributed by atoms with van der Waals surface area (Å²) < 4.78 is 4.68. The van der Waals surface area contributed by atoms with Crippen LogP contribution in [0.15, 0.2) is 140 Å². The van der Waals surface area contributed by atoms with Gasteiger partial charge in [0.1, 0.15) is 0 Å². The highest BCUT2D eigenvalue weighted by molar-refractivity contribution is 6.13. The summed E-state index contributed by atoms with van der Waals surface area (Å²) in [4.78, 5) is 0. The molecule has 0 spiro atoms. The van der Waals surface area contributed by atoms with Crippen molar-refractivity contribution in [2.75, 3.05) is 5.73 Å². The lowest BCUT2D eigenvalue weighted by Crippen LogP contribution is -1.93. The molecular weight excluding hydrogens is 474 g/mol. The molecule has 0 amide bonds. The number of nitrogen functional groups attached to an aromatic ring is 1. The number of anilines is 1. The van der Waals surface area contributed by atoms with Crippen molar-refractivity contribution in [2.45, 2.75) is 0 Å². The van der Waals surface area contributed by atoms with Gasteiger partial charge < -0.3 is 14.9 Å². The molecule has 184 valence electrons. The summed E-state index contributed by atoms with van der Waals surface area (Å²) in [6.07, 6.45) is 0. The molecule has 2 N–H and O–H groups in total. The zero-order valence-corrected chi connectivity index (χ0v) is 21.3. The van der Waals surface area contributed by atoms with Gasteiger partial charge in [-0.2, -0.15) is 0 Å². The van der Waals surface area contributed by atoms with Crippen molar-refractivity contribution in [2.24, 2.45) is 0 Å². The predicted octanol–water partition coefficient (Wildman–Crippen LogP) is 9.13. The van der Waals surface area contributed by atoms with Gasteiger partial charge in [0.25, 0.3) is 0 Å². The van der Waals surface area contributed by atoms with Crippen LogP contribution < -0.4 is 5.73 Å². The van der Waals surface area contributed by atoms with Crippen molar-refractivity contribution in [1.29, 1.82) is 0 Å². The molecule has 0 aliphatic rings. The first-order valence-electron chi connectivity index (χ1n) is 13.2. The molecule has 39 heavy (non-hydrogen) atoms. The zero-order valence-electron chi connectivity index (χ0n) is 21.3. The van der Waals surface area contributed by atoms with Crippen LogP contribution in [0.3, 0.4) is 0 Å². The molecule has 8 aromatic rings. The molecule has 0 unspecified atom stereocenters. The van der Waals surface area contributed by atoms with Crippen LogP contribution in [0.25, 0.3) is 66.1 Å². The van der Waals surface area contributed by atoms with Gasteiger partial charge in [0.2, 0.25) is 0 Å². The van der Waals surface area contributed by atoms with Gasteiger partial charge in [0.05, 0.1) is 22.1 Å². The highest BCUT2D eigenvalue weighted by Crippen LogP contribution is 2.38. The lowest BCUT2D eigenvalue weighted by Gasteiger charge is -2.09. The van der Waals surface area contributed by atoms with Crippen LogP contribution >= 0.6 is 0 Å². The highest BCUT2D eigenvalue weighted by Gasteiger charge is 2.16. The summed E-state index contributed by atoms with van der Waals surface area (Å²) in [7, 11) is 0. The van der Waals surface area contributed by atoms with Gasteiger partial charge >= 0.3 is 0 Å². The second-order valence-electron chi connectivity index (χ2n) is 10.1. The molecule has 0 radical (unpaired) electrons. The number of benzene rings is 6. The largest absolute Gasteiger partial charge is 0.399 e. The summed E-state index contributed by atoms with van der Waals surface area (Å²) in [6, 6.07) is 49.6. The fourth-order valence-electron chi connectivity index (χ4n) is 6.08. The number of para-hydroxylation sites is 3. The molecule has 0 bridgehead atoms. The van der Waals surface area contributed by atoms with E-state index in [-0.39, 0.29) is 0 Å². The minimum atomic E-state index is 0.773. The molecule has 2 heterocycles. The van der Waals surface area contributed by atoms with Gasteiger partial charge in [-0.25, -0.2) is 0 Å². The van der Waals surface area contributed by atoms with Crippen LogP contribution in [0.4, 0.5) is 5.69 Å². The third-order valence-corrected chi connectivity index (χ3v) is 7.82. The Labute approximate surface area is 226 Å². The van der Waals surface area contributed by atoms with E-state index in [9.17, 15) is 0 Å². The van der Waals surface area contributed by atoms with E-state index in [2.05, 4.69) is 143 Å². The quantitative estimate of drug-likeness (QED) is 0.242. The van der Waals surface area contributed by atoms with E-state index in [1.165, 1.54) is 49.5 Å². The van der Waals surface area contributed by atoms with Crippen LogP contribution in [-0.4, -0.2) is 9.13 Å². The molecule has 2 aromatic heterocycles. The minimum absolute atomic E-state index is 0.773. The second kappa shape index (κ2) is 8.37. The van der Waals surface area contributed by atoms with Crippen molar-refractivity contribution >= 4 is 49.3 Å². The SMILES string of the molecule is Nc1ccc2c(c1)c1cc(-c3ccc4c(c3)c3ccccc3n4-c3ccccc3)ccc1n2-c1ccccc1. The average molecular weight is 500 g/mol. The van der Waals surface area contributed by atoms with Crippen LogP contribution in [0.1, 0.15) is 0 Å². The van der Waals surface area contributed by atoms with E-state index < -0.39 is 0 Å². The standard InChI is InChI=1S/C36H25N3/c37-26-17-20-36-32(23-26)31-22-25(16-19-35(31)39(36)28-11-5-2-6-12-28)24-15-18-34-30(21-24)29-13-7-8-14-33(29)38(34)27-9-3-1-4-10-27/h1-23H,37H2. The van der Waals surface area contributed by atoms with E-state index in [0.717, 1.165) is 22.3 Å². The van der Waals surface area contributed by atoms with E-state index >= 15 is 0 Å². The Morgan fingerprint density at radius 2 is 0.795 bits per heavy atom. The summed E-state index contributed by atoms with van der Waals surface area (Å²) in [5.74, 6) is 0. The molecule has 0 saturated heterocycles. The van der Waals surface area contributed by atoms with Crippen LogP contribution in [-0.2, 0) is 0 Å². The first-order chi connectivity index (χ1) is 19.3. The Balaban J connectivity index is 1.37. The number of hydrogen-bond acceptors (Lipinski definition) is 1.